The van der Waals surface area contributed by atoms with E-state index in [2.05, 4.69) is 22.1 Å². The van der Waals surface area contributed by atoms with Crippen molar-refractivity contribution >= 4 is 35.0 Å². The first-order valence-corrected chi connectivity index (χ1v) is 10.4. The van der Waals surface area contributed by atoms with Crippen molar-refractivity contribution in [2.24, 2.45) is 0 Å². The molecular weight excluding hydrogens is 424 g/mol. The third-order valence-electron chi connectivity index (χ3n) is 4.01. The normalized spacial score (nSPS) is 10.5. The highest BCUT2D eigenvalue weighted by Gasteiger charge is 2.15. The molecule has 1 aromatic heterocycles. The van der Waals surface area contributed by atoms with Gasteiger partial charge in [-0.2, -0.15) is 0 Å². The molecule has 0 spiro atoms. The molecule has 0 atom stereocenters. The van der Waals surface area contributed by atoms with E-state index >= 15 is 0 Å². The van der Waals surface area contributed by atoms with Crippen molar-refractivity contribution in [3.63, 3.8) is 0 Å². The summed E-state index contributed by atoms with van der Waals surface area (Å²) in [4.78, 5) is 12.4. The number of amides is 1. The second-order valence-electron chi connectivity index (χ2n) is 6.05. The van der Waals surface area contributed by atoms with Gasteiger partial charge in [-0.15, -0.1) is 16.8 Å². The second kappa shape index (κ2) is 10.7. The fourth-order valence-electron chi connectivity index (χ4n) is 2.61. The molecule has 0 aliphatic rings. The van der Waals surface area contributed by atoms with Crippen LogP contribution in [0.4, 0.5) is 5.69 Å². The van der Waals surface area contributed by atoms with Crippen LogP contribution in [0.5, 0.6) is 11.5 Å². The average molecular weight is 445 g/mol. The quantitative estimate of drug-likeness (QED) is 0.368. The molecule has 9 heteroatoms. The van der Waals surface area contributed by atoms with Crippen molar-refractivity contribution in [1.29, 1.82) is 0 Å². The highest BCUT2D eigenvalue weighted by atomic mass is 35.5. The van der Waals surface area contributed by atoms with Gasteiger partial charge in [-0.3, -0.25) is 9.36 Å². The number of ether oxygens (including phenoxy) is 2. The van der Waals surface area contributed by atoms with Gasteiger partial charge in [0.1, 0.15) is 18.1 Å². The summed E-state index contributed by atoms with van der Waals surface area (Å²) in [6.45, 7) is 4.46. The topological polar surface area (TPSA) is 78.3 Å². The number of aromatic nitrogens is 3. The number of nitrogens with zero attached hydrogens (tertiary/aromatic N) is 3. The van der Waals surface area contributed by atoms with E-state index in [4.69, 9.17) is 21.1 Å². The zero-order valence-corrected chi connectivity index (χ0v) is 17.9. The lowest BCUT2D eigenvalue weighted by Crippen LogP contribution is -2.15. The van der Waals surface area contributed by atoms with Crippen LogP contribution in [0.15, 0.2) is 66.3 Å². The van der Waals surface area contributed by atoms with Gasteiger partial charge >= 0.3 is 0 Å². The van der Waals surface area contributed by atoms with Crippen molar-refractivity contribution in [2.45, 2.75) is 18.3 Å². The summed E-state index contributed by atoms with van der Waals surface area (Å²) in [6, 6.07) is 14.5. The van der Waals surface area contributed by atoms with Gasteiger partial charge < -0.3 is 14.8 Å². The summed E-state index contributed by atoms with van der Waals surface area (Å²) in [5.74, 6) is 1.77. The number of methoxy groups -OCH3 is 1. The molecule has 0 radical (unpaired) electrons. The van der Waals surface area contributed by atoms with Crippen LogP contribution in [0.3, 0.4) is 0 Å². The van der Waals surface area contributed by atoms with Crippen LogP contribution in [0.25, 0.3) is 0 Å². The lowest BCUT2D eigenvalue weighted by molar-refractivity contribution is -0.113. The summed E-state index contributed by atoms with van der Waals surface area (Å²) in [5.41, 5.74) is 0.618. The first-order chi connectivity index (χ1) is 14.6. The second-order valence-corrected chi connectivity index (χ2v) is 7.40. The predicted octanol–water partition coefficient (Wildman–Crippen LogP) is 4.44. The van der Waals surface area contributed by atoms with Gasteiger partial charge in [-0.1, -0.05) is 53.7 Å². The Kier molecular flexibility index (Phi) is 7.75. The molecule has 2 aromatic carbocycles. The van der Waals surface area contributed by atoms with Crippen LogP contribution < -0.4 is 14.8 Å². The van der Waals surface area contributed by atoms with Crippen LogP contribution in [0.2, 0.25) is 5.02 Å². The number of hydrogen-bond acceptors (Lipinski definition) is 6. The molecule has 1 N–H and O–H groups in total. The minimum atomic E-state index is -0.175. The Morgan fingerprint density at radius 2 is 1.93 bits per heavy atom. The Balaban J connectivity index is 1.63. The molecule has 0 aliphatic carbocycles. The van der Waals surface area contributed by atoms with Crippen LogP contribution in [0, 0.1) is 0 Å². The first kappa shape index (κ1) is 21.7. The van der Waals surface area contributed by atoms with Gasteiger partial charge in [-0.25, -0.2) is 0 Å². The molecule has 1 amide bonds. The van der Waals surface area contributed by atoms with Gasteiger partial charge in [0.05, 0.1) is 23.6 Å². The van der Waals surface area contributed by atoms with Crippen molar-refractivity contribution < 1.29 is 14.3 Å². The number of benzene rings is 2. The summed E-state index contributed by atoms with van der Waals surface area (Å²) in [7, 11) is 1.56. The number of anilines is 1. The molecular formula is C21H21ClN4O3S. The Bertz CT molecular complexity index is 1020. The number of rotatable bonds is 10. The smallest absolute Gasteiger partial charge is 0.234 e. The Labute approximate surface area is 184 Å². The third-order valence-corrected chi connectivity index (χ3v) is 5.29. The Morgan fingerprint density at radius 3 is 2.67 bits per heavy atom. The molecule has 3 rings (SSSR count). The molecule has 0 fully saturated rings. The maximum atomic E-state index is 12.4. The molecule has 30 heavy (non-hydrogen) atoms. The molecule has 0 saturated heterocycles. The van der Waals surface area contributed by atoms with Gasteiger partial charge in [0, 0.05) is 6.54 Å². The van der Waals surface area contributed by atoms with Crippen LogP contribution >= 0.6 is 23.4 Å². The molecule has 0 saturated carbocycles. The van der Waals surface area contributed by atoms with E-state index in [-0.39, 0.29) is 18.3 Å². The van der Waals surface area contributed by atoms with Crippen LogP contribution in [-0.2, 0) is 17.9 Å². The van der Waals surface area contributed by atoms with Gasteiger partial charge in [-0.05, 0) is 24.3 Å². The van der Waals surface area contributed by atoms with Crippen molar-refractivity contribution in [3.8, 4) is 11.5 Å². The van der Waals surface area contributed by atoms with Gasteiger partial charge in [0.2, 0.25) is 5.91 Å². The van der Waals surface area contributed by atoms with E-state index < -0.39 is 0 Å². The predicted molar refractivity (Wildman–Crippen MR) is 118 cm³/mol. The summed E-state index contributed by atoms with van der Waals surface area (Å²) in [6.07, 6.45) is 1.74. The SMILES string of the molecule is C=CCn1c(COc2ccccc2Cl)nnc1SCC(=O)Nc1ccccc1OC. The van der Waals surface area contributed by atoms with E-state index in [9.17, 15) is 4.79 Å². The van der Waals surface area contributed by atoms with E-state index in [0.29, 0.717) is 39.7 Å². The molecule has 0 bridgehead atoms. The lowest BCUT2D eigenvalue weighted by Gasteiger charge is -2.11. The highest BCUT2D eigenvalue weighted by Crippen LogP contribution is 2.26. The summed E-state index contributed by atoms with van der Waals surface area (Å²) in [5, 5.41) is 12.4. The minimum Gasteiger partial charge on any atom is -0.495 e. The zero-order valence-electron chi connectivity index (χ0n) is 16.4. The molecule has 0 unspecified atom stereocenters. The lowest BCUT2D eigenvalue weighted by atomic mass is 10.3. The van der Waals surface area contributed by atoms with E-state index in [1.165, 1.54) is 11.8 Å². The van der Waals surface area contributed by atoms with E-state index in [0.717, 1.165) is 0 Å². The van der Waals surface area contributed by atoms with Crippen LogP contribution in [-0.4, -0.2) is 33.5 Å². The number of para-hydroxylation sites is 3. The van der Waals surface area contributed by atoms with Crippen molar-refractivity contribution in [3.05, 3.63) is 72.0 Å². The number of hydrogen-bond donors (Lipinski definition) is 1. The molecule has 1 heterocycles. The summed E-state index contributed by atoms with van der Waals surface area (Å²) < 4.78 is 12.9. The zero-order chi connectivity index (χ0) is 21.3. The monoisotopic (exact) mass is 444 g/mol. The standard InChI is InChI=1S/C21H21ClN4O3S/c1-3-12-26-19(13-29-17-10-6-4-8-15(17)22)24-25-21(26)30-14-20(27)23-16-9-5-7-11-18(16)28-2/h3-11H,1,12-14H2,2H3,(H,23,27). The number of carbonyl (C=O) groups excluding carboxylic acids is 1. The maximum absolute atomic E-state index is 12.4. The fourth-order valence-corrected chi connectivity index (χ4v) is 3.57. The van der Waals surface area contributed by atoms with Crippen LogP contribution in [0.1, 0.15) is 5.82 Å². The number of allylic oxidation sites excluding steroid dienone is 1. The highest BCUT2D eigenvalue weighted by molar-refractivity contribution is 7.99. The number of nitrogens with one attached hydrogen (secondary N) is 1. The van der Waals surface area contributed by atoms with Gasteiger partial charge in [0.25, 0.3) is 0 Å². The largest absolute Gasteiger partial charge is 0.495 e. The van der Waals surface area contributed by atoms with Crippen molar-refractivity contribution in [1.82, 2.24) is 14.8 Å². The van der Waals surface area contributed by atoms with E-state index in [1.54, 1.807) is 37.5 Å². The van der Waals surface area contributed by atoms with Gasteiger partial charge in [0.15, 0.2) is 11.0 Å². The Hall–Kier alpha value is -2.97. The van der Waals surface area contributed by atoms with E-state index in [1.807, 2.05) is 28.8 Å². The minimum absolute atomic E-state index is 0.165. The molecule has 3 aromatic rings. The Morgan fingerprint density at radius 1 is 1.20 bits per heavy atom. The average Bonchev–Trinajstić information content (AvgIpc) is 3.14. The number of carbonyl (C=O) groups is 1. The number of thioether (sulfide) groups is 1. The molecule has 156 valence electrons. The molecule has 7 nitrogen and oxygen atoms in total. The maximum Gasteiger partial charge on any atom is 0.234 e. The first-order valence-electron chi connectivity index (χ1n) is 9.08. The molecule has 0 aliphatic heterocycles. The summed E-state index contributed by atoms with van der Waals surface area (Å²) >= 11 is 7.41. The van der Waals surface area contributed by atoms with Crippen molar-refractivity contribution in [2.75, 3.05) is 18.2 Å². The number of halogens is 1. The fraction of sp³-hybridized carbons (Fsp3) is 0.190. The third kappa shape index (κ3) is 5.55.